The summed E-state index contributed by atoms with van der Waals surface area (Å²) in [6.07, 6.45) is -4.92. The maximum Gasteiger partial charge on any atom is 0.287 e. The summed E-state index contributed by atoms with van der Waals surface area (Å²) in [6.45, 7) is 0.666. The van der Waals surface area contributed by atoms with Crippen LogP contribution in [0.3, 0.4) is 0 Å². The van der Waals surface area contributed by atoms with Crippen molar-refractivity contribution in [2.24, 2.45) is 11.5 Å². The van der Waals surface area contributed by atoms with E-state index in [4.69, 9.17) is 26.7 Å². The standard InChI is InChI=1S/C27H34N8O8/c28-7-3-9-34(11-16-20(37)21(38)22(42-16)14-4-1-5-15(10-14)25(30)40)8-2-6-18-33-19-24(29)31-13-32-26(19)35(18)27(41)23(39)17(12-36)43-27/h1,4-5,10,13,16-17,20-23,36-39,41H,3,7-9,11-12,28H2,(H2,30,40)(H2,29,31,32)/t16?,17?,20?,21?,22?,23-,27?/m0/s1. The molecule has 2 aliphatic heterocycles. The van der Waals surface area contributed by atoms with E-state index in [1.54, 1.807) is 18.2 Å². The van der Waals surface area contributed by atoms with Gasteiger partial charge in [-0.2, -0.15) is 0 Å². The molecule has 16 heteroatoms. The van der Waals surface area contributed by atoms with Gasteiger partial charge in [0.15, 0.2) is 28.9 Å². The van der Waals surface area contributed by atoms with Crippen molar-refractivity contribution >= 4 is 22.9 Å². The molecule has 2 aliphatic rings. The Morgan fingerprint density at radius 2 is 1.98 bits per heavy atom. The van der Waals surface area contributed by atoms with Gasteiger partial charge in [0.1, 0.15) is 30.7 Å². The van der Waals surface area contributed by atoms with Crippen LogP contribution >= 0.6 is 0 Å². The van der Waals surface area contributed by atoms with Crippen LogP contribution in [0.15, 0.2) is 30.6 Å². The molecule has 230 valence electrons. The Morgan fingerprint density at radius 1 is 1.19 bits per heavy atom. The molecule has 2 aromatic heterocycles. The number of nitrogens with zero attached hydrogens (tertiary/aromatic N) is 5. The monoisotopic (exact) mass is 598 g/mol. The normalized spacial score (nSPS) is 28.5. The van der Waals surface area contributed by atoms with E-state index < -0.39 is 55.0 Å². The van der Waals surface area contributed by atoms with Crippen LogP contribution in [0.4, 0.5) is 5.82 Å². The second-order valence-corrected chi connectivity index (χ2v) is 10.4. The largest absolute Gasteiger partial charge is 0.394 e. The lowest BCUT2D eigenvalue weighted by atomic mass is 9.99. The summed E-state index contributed by atoms with van der Waals surface area (Å²) in [7, 11) is 0. The van der Waals surface area contributed by atoms with Gasteiger partial charge in [-0.3, -0.25) is 9.69 Å². The van der Waals surface area contributed by atoms with E-state index in [1.165, 1.54) is 6.07 Å². The van der Waals surface area contributed by atoms with Crippen molar-refractivity contribution in [1.82, 2.24) is 24.4 Å². The summed E-state index contributed by atoms with van der Waals surface area (Å²) in [5.74, 6) is 2.89. The highest BCUT2D eigenvalue weighted by atomic mass is 16.7. The summed E-state index contributed by atoms with van der Waals surface area (Å²) in [4.78, 5) is 25.9. The number of hydrogen-bond donors (Lipinski definition) is 8. The first-order valence-corrected chi connectivity index (χ1v) is 13.6. The molecule has 11 N–H and O–H groups in total. The Bertz CT molecular complexity index is 1540. The number of benzene rings is 1. The van der Waals surface area contributed by atoms with E-state index in [9.17, 15) is 30.3 Å². The minimum atomic E-state index is -2.30. The van der Waals surface area contributed by atoms with Crippen LogP contribution < -0.4 is 17.2 Å². The third-order valence-electron chi connectivity index (χ3n) is 7.52. The number of aliphatic hydroxyl groups is 5. The fourth-order valence-corrected chi connectivity index (χ4v) is 5.22. The average Bonchev–Trinajstić information content (AvgIpc) is 3.51. The third-order valence-corrected chi connectivity index (χ3v) is 7.52. The topological polar surface area (TPSA) is 262 Å². The van der Waals surface area contributed by atoms with Gasteiger partial charge in [0, 0.05) is 18.7 Å². The predicted molar refractivity (Wildman–Crippen MR) is 149 cm³/mol. The minimum Gasteiger partial charge on any atom is -0.394 e. The SMILES string of the molecule is NCCCN(CC#Cc1nc2c(N)ncnc2n1C1(O)OC(CO)[C@@H]1O)CC1OC(c2cccc(C(N)=O)c2)C(O)C1O. The van der Waals surface area contributed by atoms with E-state index >= 15 is 0 Å². The van der Waals surface area contributed by atoms with E-state index in [1.807, 2.05) is 4.90 Å². The van der Waals surface area contributed by atoms with Crippen molar-refractivity contribution < 1.29 is 39.8 Å². The van der Waals surface area contributed by atoms with Gasteiger partial charge in [0.25, 0.3) is 5.91 Å². The smallest absolute Gasteiger partial charge is 0.287 e. The summed E-state index contributed by atoms with van der Waals surface area (Å²) in [5, 5.41) is 52.5. The molecule has 1 aromatic carbocycles. The Hall–Kier alpha value is -3.76. The number of carbonyl (C=O) groups excluding carboxylic acids is 1. The molecule has 0 radical (unpaired) electrons. The van der Waals surface area contributed by atoms with Crippen molar-refractivity contribution in [3.05, 3.63) is 47.5 Å². The van der Waals surface area contributed by atoms with Gasteiger partial charge in [-0.25, -0.2) is 19.5 Å². The quantitative estimate of drug-likeness (QED) is 0.106. The molecule has 5 rings (SSSR count). The van der Waals surface area contributed by atoms with Gasteiger partial charge in [-0.1, -0.05) is 18.1 Å². The number of carbonyl (C=O) groups is 1. The first kappa shape index (κ1) is 30.7. The van der Waals surface area contributed by atoms with E-state index in [2.05, 4.69) is 26.8 Å². The van der Waals surface area contributed by atoms with Crippen LogP contribution in [0, 0.1) is 11.8 Å². The highest BCUT2D eigenvalue weighted by Gasteiger charge is 2.57. The fraction of sp³-hybridized carbons (Fsp3) is 0.481. The lowest BCUT2D eigenvalue weighted by Crippen LogP contribution is -2.66. The lowest BCUT2D eigenvalue weighted by molar-refractivity contribution is -0.433. The Balaban J connectivity index is 1.37. The number of aromatic nitrogens is 4. The summed E-state index contributed by atoms with van der Waals surface area (Å²) in [6, 6.07) is 6.36. The first-order valence-electron chi connectivity index (χ1n) is 13.6. The number of rotatable bonds is 10. The number of nitrogens with two attached hydrogens (primary N) is 3. The second kappa shape index (κ2) is 12.5. The molecule has 1 amide bonds. The third kappa shape index (κ3) is 5.78. The molecular weight excluding hydrogens is 564 g/mol. The zero-order valence-electron chi connectivity index (χ0n) is 23.0. The van der Waals surface area contributed by atoms with Crippen molar-refractivity contribution in [2.75, 3.05) is 38.5 Å². The fourth-order valence-electron chi connectivity index (χ4n) is 5.22. The molecule has 6 unspecified atom stereocenters. The number of primary amides is 1. The maximum absolute atomic E-state index is 11.6. The molecule has 0 spiro atoms. The van der Waals surface area contributed by atoms with Crippen molar-refractivity contribution in [1.29, 1.82) is 0 Å². The Kier molecular flexibility index (Phi) is 8.89. The Morgan fingerprint density at radius 3 is 2.67 bits per heavy atom. The van der Waals surface area contributed by atoms with Gasteiger partial charge >= 0.3 is 0 Å². The number of imidazole rings is 1. The number of hydrogen-bond acceptors (Lipinski definition) is 14. The molecule has 7 atom stereocenters. The Labute approximate surface area is 245 Å². The zero-order chi connectivity index (χ0) is 30.9. The van der Waals surface area contributed by atoms with Crippen LogP contribution in [-0.2, 0) is 15.4 Å². The number of fused-ring (bicyclic) bond motifs is 1. The van der Waals surface area contributed by atoms with Crippen molar-refractivity contribution in [3.8, 4) is 11.8 Å². The number of ether oxygens (including phenoxy) is 2. The molecule has 4 heterocycles. The predicted octanol–water partition coefficient (Wildman–Crippen LogP) is -3.27. The van der Waals surface area contributed by atoms with Gasteiger partial charge in [-0.05, 0) is 36.6 Å². The van der Waals surface area contributed by atoms with Crippen LogP contribution in [-0.4, -0.2) is 119 Å². The number of nitrogen functional groups attached to an aromatic ring is 1. The molecule has 0 saturated carbocycles. The molecule has 2 fully saturated rings. The van der Waals surface area contributed by atoms with Gasteiger partial charge in [0.2, 0.25) is 5.91 Å². The molecule has 3 aromatic rings. The zero-order valence-corrected chi connectivity index (χ0v) is 23.0. The van der Waals surface area contributed by atoms with Gasteiger partial charge < -0.3 is 52.2 Å². The van der Waals surface area contributed by atoms with Crippen molar-refractivity contribution in [2.45, 2.75) is 49.0 Å². The summed E-state index contributed by atoms with van der Waals surface area (Å²) in [5.41, 5.74) is 18.0. The second-order valence-electron chi connectivity index (χ2n) is 10.4. The molecule has 2 saturated heterocycles. The van der Waals surface area contributed by atoms with Crippen LogP contribution in [0.5, 0.6) is 0 Å². The average molecular weight is 599 g/mol. The lowest BCUT2D eigenvalue weighted by Gasteiger charge is -2.47. The molecular formula is C27H34N8O8. The van der Waals surface area contributed by atoms with Crippen LogP contribution in [0.1, 0.15) is 34.3 Å². The summed E-state index contributed by atoms with van der Waals surface area (Å²) < 4.78 is 12.5. The molecule has 43 heavy (non-hydrogen) atoms. The highest BCUT2D eigenvalue weighted by Crippen LogP contribution is 2.38. The summed E-state index contributed by atoms with van der Waals surface area (Å²) >= 11 is 0. The molecule has 0 aliphatic carbocycles. The van der Waals surface area contributed by atoms with E-state index in [0.717, 1.165) is 10.9 Å². The van der Waals surface area contributed by atoms with E-state index in [-0.39, 0.29) is 41.5 Å². The number of anilines is 1. The van der Waals surface area contributed by atoms with Crippen LogP contribution in [0.2, 0.25) is 0 Å². The van der Waals surface area contributed by atoms with Gasteiger partial charge in [-0.15, -0.1) is 0 Å². The maximum atomic E-state index is 11.6. The molecule has 16 nitrogen and oxygen atoms in total. The van der Waals surface area contributed by atoms with Gasteiger partial charge in [0.05, 0.1) is 19.3 Å². The number of amides is 1. The van der Waals surface area contributed by atoms with E-state index in [0.29, 0.717) is 25.1 Å². The molecule has 0 bridgehead atoms. The highest BCUT2D eigenvalue weighted by molar-refractivity contribution is 5.92. The minimum absolute atomic E-state index is 0.0225. The first-order chi connectivity index (χ1) is 20.6. The van der Waals surface area contributed by atoms with Crippen molar-refractivity contribution in [3.63, 3.8) is 0 Å². The number of aliphatic hydroxyl groups excluding tert-OH is 4. The van der Waals surface area contributed by atoms with Crippen LogP contribution in [0.25, 0.3) is 11.2 Å².